The molecule has 4 rings (SSSR count). The van der Waals surface area contributed by atoms with Crippen LogP contribution in [0.15, 0.2) is 22.5 Å². The number of amides is 1. The molecule has 43 heavy (non-hydrogen) atoms. The Morgan fingerprint density at radius 3 is 2.74 bits per heavy atom. The van der Waals surface area contributed by atoms with Crippen LogP contribution in [0.4, 0.5) is 5.69 Å². The summed E-state index contributed by atoms with van der Waals surface area (Å²) in [4.78, 5) is 24.7. The lowest BCUT2D eigenvalue weighted by molar-refractivity contribution is -0.384. The van der Waals surface area contributed by atoms with Gasteiger partial charge in [0.1, 0.15) is 35.6 Å². The van der Waals surface area contributed by atoms with Crippen molar-refractivity contribution in [2.75, 3.05) is 19.9 Å². The Morgan fingerprint density at radius 1 is 1.30 bits per heavy atom. The smallest absolute Gasteiger partial charge is 0.279 e. The van der Waals surface area contributed by atoms with Crippen molar-refractivity contribution in [2.24, 2.45) is 5.92 Å². The SMILES string of the molecule is CCC[C@@H]1CCN[C@H](C(=O)N[C@@H]([C@H]2O[C@H](SC)[C@H](O)[C@@H](O)[C@H]2O)[C@H](C)Sc2nnc(-c3cc(OC)ccc3[N+](=O)[O-])s2)C1. The summed E-state index contributed by atoms with van der Waals surface area (Å²) in [5, 5.41) is 58.4. The molecule has 2 fully saturated rings. The first kappa shape index (κ1) is 33.8. The first-order valence-corrected chi connectivity index (χ1v) is 17.1. The minimum atomic E-state index is -1.48. The van der Waals surface area contributed by atoms with E-state index in [1.165, 1.54) is 48.8 Å². The quantitative estimate of drug-likeness (QED) is 0.127. The van der Waals surface area contributed by atoms with Gasteiger partial charge in [0.15, 0.2) is 9.35 Å². The number of aliphatic hydroxyl groups excluding tert-OH is 3. The number of rotatable bonds is 12. The van der Waals surface area contributed by atoms with Crippen LogP contribution in [-0.4, -0.2) is 103 Å². The van der Waals surface area contributed by atoms with Crippen molar-refractivity contribution < 1.29 is 34.5 Å². The van der Waals surface area contributed by atoms with E-state index in [4.69, 9.17) is 9.47 Å². The number of benzene rings is 1. The maximum Gasteiger partial charge on any atom is 0.279 e. The van der Waals surface area contributed by atoms with E-state index < -0.39 is 52.1 Å². The summed E-state index contributed by atoms with van der Waals surface area (Å²) in [7, 11) is 1.47. The number of carbonyl (C=O) groups excluding carboxylic acids is 1. The van der Waals surface area contributed by atoms with Crippen LogP contribution in [0.3, 0.4) is 0 Å². The van der Waals surface area contributed by atoms with E-state index in [-0.39, 0.29) is 17.2 Å². The molecule has 0 spiro atoms. The summed E-state index contributed by atoms with van der Waals surface area (Å²) >= 11 is 3.61. The summed E-state index contributed by atoms with van der Waals surface area (Å²) in [6.45, 7) is 4.69. The molecule has 16 heteroatoms. The van der Waals surface area contributed by atoms with E-state index in [0.29, 0.717) is 27.4 Å². The van der Waals surface area contributed by atoms with E-state index in [1.54, 1.807) is 6.26 Å². The fourth-order valence-electron chi connectivity index (χ4n) is 5.53. The number of piperidine rings is 1. The number of nitrogens with zero attached hydrogens (tertiary/aromatic N) is 3. The molecule has 2 aromatic rings. The third-order valence-electron chi connectivity index (χ3n) is 7.86. The van der Waals surface area contributed by atoms with Gasteiger partial charge in [0.25, 0.3) is 5.69 Å². The molecule has 2 aliphatic rings. The zero-order valence-corrected chi connectivity index (χ0v) is 26.9. The second-order valence-electron chi connectivity index (χ2n) is 10.7. The summed E-state index contributed by atoms with van der Waals surface area (Å²) in [5.41, 5.74) is -0.687. The average Bonchev–Trinajstić information content (AvgIpc) is 3.47. The molecule has 0 unspecified atom stereocenters. The Kier molecular flexibility index (Phi) is 12.0. The molecule has 5 N–H and O–H groups in total. The Balaban J connectivity index is 1.59. The zero-order chi connectivity index (χ0) is 31.3. The number of nitrogens with one attached hydrogen (secondary N) is 2. The maximum atomic E-state index is 13.6. The van der Waals surface area contributed by atoms with Crippen molar-refractivity contribution in [2.45, 2.75) is 91.1 Å². The van der Waals surface area contributed by atoms with Crippen molar-refractivity contribution in [3.8, 4) is 16.3 Å². The number of thioether (sulfide) groups is 2. The number of ether oxygens (including phenoxy) is 2. The molecule has 9 atom stereocenters. The third kappa shape index (κ3) is 7.97. The molecule has 0 aliphatic carbocycles. The summed E-state index contributed by atoms with van der Waals surface area (Å²) in [6, 6.07) is 3.17. The number of hydrogen-bond acceptors (Lipinski definition) is 14. The van der Waals surface area contributed by atoms with Crippen LogP contribution < -0.4 is 15.4 Å². The van der Waals surface area contributed by atoms with Gasteiger partial charge in [-0.3, -0.25) is 14.9 Å². The lowest BCUT2D eigenvalue weighted by Gasteiger charge is -2.44. The van der Waals surface area contributed by atoms with Crippen molar-refractivity contribution in [3.63, 3.8) is 0 Å². The highest BCUT2D eigenvalue weighted by molar-refractivity contribution is 8.01. The molecule has 1 aromatic heterocycles. The molecule has 1 amide bonds. The summed E-state index contributed by atoms with van der Waals surface area (Å²) < 4.78 is 11.8. The van der Waals surface area contributed by atoms with Gasteiger partial charge in [-0.15, -0.1) is 22.0 Å². The van der Waals surface area contributed by atoms with Crippen LogP contribution in [0.1, 0.15) is 39.5 Å². The van der Waals surface area contributed by atoms with Gasteiger partial charge in [-0.1, -0.05) is 49.8 Å². The molecule has 0 saturated carbocycles. The first-order chi connectivity index (χ1) is 20.6. The topological polar surface area (TPSA) is 189 Å². The van der Waals surface area contributed by atoms with Gasteiger partial charge in [-0.2, -0.15) is 0 Å². The highest BCUT2D eigenvalue weighted by Gasteiger charge is 2.48. The van der Waals surface area contributed by atoms with Crippen molar-refractivity contribution in [1.29, 1.82) is 0 Å². The average molecular weight is 658 g/mol. The van der Waals surface area contributed by atoms with Gasteiger partial charge in [-0.05, 0) is 43.7 Å². The predicted octanol–water partition coefficient (Wildman–Crippen LogP) is 2.43. The Morgan fingerprint density at radius 2 is 2.07 bits per heavy atom. The van der Waals surface area contributed by atoms with Crippen LogP contribution in [0.5, 0.6) is 5.75 Å². The lowest BCUT2D eigenvalue weighted by atomic mass is 9.88. The van der Waals surface area contributed by atoms with Gasteiger partial charge < -0.3 is 35.4 Å². The van der Waals surface area contributed by atoms with Crippen molar-refractivity contribution in [3.05, 3.63) is 28.3 Å². The Labute approximate surface area is 262 Å². The Bertz CT molecular complexity index is 1250. The highest BCUT2D eigenvalue weighted by Crippen LogP contribution is 2.39. The minimum Gasteiger partial charge on any atom is -0.497 e. The lowest BCUT2D eigenvalue weighted by Crippen LogP contribution is -2.65. The van der Waals surface area contributed by atoms with E-state index in [1.807, 2.05) is 6.92 Å². The summed E-state index contributed by atoms with van der Waals surface area (Å²) in [6.07, 6.45) is 0.203. The molecule has 0 radical (unpaired) electrons. The van der Waals surface area contributed by atoms with Crippen LogP contribution in [0.25, 0.3) is 10.6 Å². The standard InChI is InChI=1S/C27H39N5O8S3/c1-5-6-14-9-10-28-17(11-14)24(36)29-19(23-21(34)20(33)22(35)26(40-23)41-4)13(2)42-27-31-30-25(43-27)16-12-15(39-3)7-8-18(16)32(37)38/h7-8,12-14,17,19-23,26,28,33-35H,5-6,9-11H2,1-4H3,(H,29,36)/t13-,14+,17-,19+,20-,21+,22+,23+,26+/m0/s1. The van der Waals surface area contributed by atoms with Crippen molar-refractivity contribution >= 4 is 46.5 Å². The fourth-order valence-corrected chi connectivity index (χ4v) is 8.48. The number of nitro benzene ring substituents is 1. The molecule has 1 aromatic carbocycles. The maximum absolute atomic E-state index is 13.6. The molecule has 3 heterocycles. The number of aromatic nitrogens is 2. The number of hydrogen-bond donors (Lipinski definition) is 5. The van der Waals surface area contributed by atoms with Gasteiger partial charge in [0.05, 0.1) is 29.7 Å². The molecule has 2 aliphatic heterocycles. The number of nitro groups is 1. The molecule has 2 saturated heterocycles. The molecule has 0 bridgehead atoms. The zero-order valence-electron chi connectivity index (χ0n) is 24.4. The molecule has 13 nitrogen and oxygen atoms in total. The van der Waals surface area contributed by atoms with Crippen LogP contribution >= 0.6 is 34.9 Å². The fraction of sp³-hybridized carbons (Fsp3) is 0.667. The first-order valence-electron chi connectivity index (χ1n) is 14.2. The van der Waals surface area contributed by atoms with Gasteiger partial charge in [-0.25, -0.2) is 0 Å². The molecular formula is C27H39N5O8S3. The largest absolute Gasteiger partial charge is 0.497 e. The molecular weight excluding hydrogens is 619 g/mol. The van der Waals surface area contributed by atoms with Crippen molar-refractivity contribution in [1.82, 2.24) is 20.8 Å². The van der Waals surface area contributed by atoms with E-state index in [2.05, 4.69) is 27.8 Å². The van der Waals surface area contributed by atoms with Gasteiger partial charge in [0.2, 0.25) is 5.91 Å². The number of carbonyl (C=O) groups is 1. The van der Waals surface area contributed by atoms with Gasteiger partial charge >= 0.3 is 0 Å². The van der Waals surface area contributed by atoms with Gasteiger partial charge in [0, 0.05) is 11.3 Å². The Hall–Kier alpha value is -2.05. The normalized spacial score (nSPS) is 29.0. The number of methoxy groups -OCH3 is 1. The number of aliphatic hydroxyl groups is 3. The van der Waals surface area contributed by atoms with E-state index in [9.17, 15) is 30.2 Å². The van der Waals surface area contributed by atoms with Crippen LogP contribution in [0, 0.1) is 16.0 Å². The third-order valence-corrected chi connectivity index (χ3v) is 10.9. The van der Waals surface area contributed by atoms with E-state index >= 15 is 0 Å². The van der Waals surface area contributed by atoms with Crippen LogP contribution in [0.2, 0.25) is 0 Å². The predicted molar refractivity (Wildman–Crippen MR) is 165 cm³/mol. The molecule has 238 valence electrons. The highest BCUT2D eigenvalue weighted by atomic mass is 32.2. The monoisotopic (exact) mass is 657 g/mol. The second-order valence-corrected chi connectivity index (χ2v) is 14.3. The van der Waals surface area contributed by atoms with Crippen LogP contribution in [-0.2, 0) is 9.53 Å². The second kappa shape index (κ2) is 15.3. The van der Waals surface area contributed by atoms with E-state index in [0.717, 1.165) is 37.1 Å². The summed E-state index contributed by atoms with van der Waals surface area (Å²) in [5.74, 6) is 0.633. The minimum absolute atomic E-state index is 0.137.